The van der Waals surface area contributed by atoms with Gasteiger partial charge < -0.3 is 26.8 Å². The molecule has 6 N–H and O–H groups in total. The number of carbonyl (C=O) groups excluding carboxylic acids is 3. The van der Waals surface area contributed by atoms with Gasteiger partial charge in [-0.25, -0.2) is 0 Å². The first kappa shape index (κ1) is 27.4. The largest absolute Gasteiger partial charge is 0.480 e. The van der Waals surface area contributed by atoms with Gasteiger partial charge in [0.15, 0.2) is 0 Å². The Morgan fingerprint density at radius 2 is 1.72 bits per heavy atom. The SMILES string of the molecule is CCC(C)C(NC(=O)C(N)Cc1ccccc1)C(=O)NC(CCSC)C(=O)NCC(=O)O. The van der Waals surface area contributed by atoms with Crippen molar-refractivity contribution in [2.45, 2.75) is 51.2 Å². The average molecular weight is 467 g/mol. The topological polar surface area (TPSA) is 151 Å². The quantitative estimate of drug-likeness (QED) is 0.268. The van der Waals surface area contributed by atoms with Gasteiger partial charge >= 0.3 is 5.97 Å². The first-order chi connectivity index (χ1) is 15.2. The van der Waals surface area contributed by atoms with Crippen LogP contribution >= 0.6 is 11.8 Å². The Hall–Kier alpha value is -2.59. The van der Waals surface area contributed by atoms with Crippen molar-refractivity contribution in [3.63, 3.8) is 0 Å². The highest BCUT2D eigenvalue weighted by atomic mass is 32.2. The molecule has 1 aromatic carbocycles. The van der Waals surface area contributed by atoms with Crippen LogP contribution in [0.15, 0.2) is 30.3 Å². The average Bonchev–Trinajstić information content (AvgIpc) is 2.78. The van der Waals surface area contributed by atoms with Gasteiger partial charge in [-0.1, -0.05) is 50.6 Å². The Bertz CT molecular complexity index is 762. The number of nitrogens with two attached hydrogens (primary N) is 1. The van der Waals surface area contributed by atoms with Crippen molar-refractivity contribution in [2.24, 2.45) is 11.7 Å². The Labute approximate surface area is 193 Å². The molecule has 0 fully saturated rings. The Balaban J connectivity index is 2.86. The second kappa shape index (κ2) is 14.5. The highest BCUT2D eigenvalue weighted by Crippen LogP contribution is 2.11. The van der Waals surface area contributed by atoms with Crippen molar-refractivity contribution < 1.29 is 24.3 Å². The predicted molar refractivity (Wildman–Crippen MR) is 125 cm³/mol. The van der Waals surface area contributed by atoms with Crippen LogP contribution in [-0.2, 0) is 25.6 Å². The minimum absolute atomic E-state index is 0.203. The van der Waals surface area contributed by atoms with Crippen molar-refractivity contribution in [3.8, 4) is 0 Å². The Morgan fingerprint density at radius 3 is 2.28 bits per heavy atom. The van der Waals surface area contributed by atoms with Crippen LogP contribution < -0.4 is 21.7 Å². The van der Waals surface area contributed by atoms with E-state index < -0.39 is 48.4 Å². The van der Waals surface area contributed by atoms with Crippen molar-refractivity contribution in [2.75, 3.05) is 18.6 Å². The summed E-state index contributed by atoms with van der Waals surface area (Å²) < 4.78 is 0. The fourth-order valence-electron chi connectivity index (χ4n) is 2.97. The summed E-state index contributed by atoms with van der Waals surface area (Å²) in [5.74, 6) is -2.32. The molecule has 0 bridgehead atoms. The smallest absolute Gasteiger partial charge is 0.322 e. The third-order valence-electron chi connectivity index (χ3n) is 5.09. The number of nitrogens with one attached hydrogen (secondary N) is 3. The molecular weight excluding hydrogens is 432 g/mol. The zero-order valence-corrected chi connectivity index (χ0v) is 19.6. The fraction of sp³-hybridized carbons (Fsp3) is 0.545. The molecule has 0 radical (unpaired) electrons. The van der Waals surface area contributed by atoms with Crippen molar-refractivity contribution in [1.29, 1.82) is 0 Å². The van der Waals surface area contributed by atoms with E-state index in [2.05, 4.69) is 16.0 Å². The molecule has 0 saturated heterocycles. The molecule has 4 atom stereocenters. The third kappa shape index (κ3) is 9.69. The summed E-state index contributed by atoms with van der Waals surface area (Å²) in [5.41, 5.74) is 6.97. The van der Waals surface area contributed by atoms with E-state index in [-0.39, 0.29) is 5.92 Å². The van der Waals surface area contributed by atoms with Gasteiger partial charge in [-0.05, 0) is 36.3 Å². The lowest BCUT2D eigenvalue weighted by Gasteiger charge is -2.27. The standard InChI is InChI=1S/C22H34N4O5S/c1-4-14(2)19(26-20(29)16(23)12-15-8-6-5-7-9-15)22(31)25-17(10-11-32-3)21(30)24-13-18(27)28/h5-9,14,16-17,19H,4,10-13,23H2,1-3H3,(H,24,30)(H,25,31)(H,26,29)(H,27,28). The van der Waals surface area contributed by atoms with Crippen LogP contribution in [0.2, 0.25) is 0 Å². The first-order valence-corrected chi connectivity index (χ1v) is 12.0. The number of carboxylic acids is 1. The van der Waals surface area contributed by atoms with E-state index in [0.29, 0.717) is 25.0 Å². The van der Waals surface area contributed by atoms with Crippen molar-refractivity contribution in [1.82, 2.24) is 16.0 Å². The monoisotopic (exact) mass is 466 g/mol. The van der Waals surface area contributed by atoms with E-state index in [1.54, 1.807) is 0 Å². The molecule has 32 heavy (non-hydrogen) atoms. The number of thioether (sulfide) groups is 1. The molecule has 10 heteroatoms. The number of benzene rings is 1. The number of aliphatic carboxylic acids is 1. The number of carboxylic acid groups (broad SMARTS) is 1. The fourth-order valence-corrected chi connectivity index (χ4v) is 3.45. The third-order valence-corrected chi connectivity index (χ3v) is 5.73. The lowest BCUT2D eigenvalue weighted by molar-refractivity contribution is -0.138. The maximum absolute atomic E-state index is 13.0. The molecule has 0 heterocycles. The molecule has 0 aromatic heterocycles. The molecule has 9 nitrogen and oxygen atoms in total. The first-order valence-electron chi connectivity index (χ1n) is 10.6. The van der Waals surface area contributed by atoms with Gasteiger partial charge in [0.25, 0.3) is 0 Å². The van der Waals surface area contributed by atoms with E-state index in [9.17, 15) is 19.2 Å². The van der Waals surface area contributed by atoms with Crippen LogP contribution in [0, 0.1) is 5.92 Å². The molecule has 0 aliphatic carbocycles. The summed E-state index contributed by atoms with van der Waals surface area (Å²) >= 11 is 1.50. The summed E-state index contributed by atoms with van der Waals surface area (Å²) in [4.78, 5) is 48.8. The van der Waals surface area contributed by atoms with Crippen molar-refractivity contribution >= 4 is 35.5 Å². The Kier molecular flexibility index (Phi) is 12.4. The minimum atomic E-state index is -1.18. The molecule has 4 unspecified atom stereocenters. The zero-order valence-electron chi connectivity index (χ0n) is 18.8. The van der Waals surface area contributed by atoms with E-state index in [1.807, 2.05) is 50.4 Å². The van der Waals surface area contributed by atoms with Crippen LogP contribution in [0.5, 0.6) is 0 Å². The van der Waals surface area contributed by atoms with Crippen LogP contribution in [0.25, 0.3) is 0 Å². The normalized spacial score (nSPS) is 14.5. The van der Waals surface area contributed by atoms with Gasteiger partial charge in [0, 0.05) is 0 Å². The summed E-state index contributed by atoms with van der Waals surface area (Å²) in [6.45, 7) is 3.19. The highest BCUT2D eigenvalue weighted by Gasteiger charge is 2.31. The van der Waals surface area contributed by atoms with Crippen LogP contribution in [0.1, 0.15) is 32.3 Å². The van der Waals surface area contributed by atoms with E-state index in [4.69, 9.17) is 10.8 Å². The minimum Gasteiger partial charge on any atom is -0.480 e. The second-order valence-corrected chi connectivity index (χ2v) is 8.61. The highest BCUT2D eigenvalue weighted by molar-refractivity contribution is 7.98. The number of carbonyl (C=O) groups is 4. The van der Waals surface area contributed by atoms with E-state index in [0.717, 1.165) is 5.56 Å². The van der Waals surface area contributed by atoms with E-state index >= 15 is 0 Å². The summed E-state index contributed by atoms with van der Waals surface area (Å²) in [6, 6.07) is 6.73. The number of hydrogen-bond acceptors (Lipinski definition) is 6. The maximum atomic E-state index is 13.0. The summed E-state index contributed by atoms with van der Waals surface area (Å²) in [7, 11) is 0. The lowest BCUT2D eigenvalue weighted by atomic mass is 9.96. The van der Waals surface area contributed by atoms with Gasteiger partial charge in [0.1, 0.15) is 18.6 Å². The number of rotatable bonds is 14. The lowest BCUT2D eigenvalue weighted by Crippen LogP contribution is -2.58. The molecule has 0 saturated carbocycles. The molecule has 1 aromatic rings. The van der Waals surface area contributed by atoms with Gasteiger partial charge in [-0.3, -0.25) is 19.2 Å². The summed E-state index contributed by atoms with van der Waals surface area (Å²) in [5, 5.41) is 16.5. The number of amides is 3. The molecule has 0 aliphatic rings. The second-order valence-electron chi connectivity index (χ2n) is 7.62. The number of hydrogen-bond donors (Lipinski definition) is 5. The molecule has 0 spiro atoms. The molecule has 3 amide bonds. The zero-order chi connectivity index (χ0) is 24.1. The van der Waals surface area contributed by atoms with Gasteiger partial charge in [-0.15, -0.1) is 0 Å². The van der Waals surface area contributed by atoms with Crippen LogP contribution in [-0.4, -0.2) is 65.5 Å². The van der Waals surface area contributed by atoms with Gasteiger partial charge in [-0.2, -0.15) is 11.8 Å². The molecule has 0 aliphatic heterocycles. The molecule has 1 rings (SSSR count). The molecular formula is C22H34N4O5S. The Morgan fingerprint density at radius 1 is 1.06 bits per heavy atom. The maximum Gasteiger partial charge on any atom is 0.322 e. The van der Waals surface area contributed by atoms with Crippen molar-refractivity contribution in [3.05, 3.63) is 35.9 Å². The predicted octanol–water partition coefficient (Wildman–Crippen LogP) is 0.526. The summed E-state index contributed by atoms with van der Waals surface area (Å²) in [6.07, 6.45) is 3.14. The van der Waals surface area contributed by atoms with Crippen LogP contribution in [0.4, 0.5) is 0 Å². The van der Waals surface area contributed by atoms with Gasteiger partial charge in [0.05, 0.1) is 6.04 Å². The van der Waals surface area contributed by atoms with Crippen LogP contribution in [0.3, 0.4) is 0 Å². The van der Waals surface area contributed by atoms with E-state index in [1.165, 1.54) is 11.8 Å². The molecule has 178 valence electrons. The van der Waals surface area contributed by atoms with Gasteiger partial charge in [0.2, 0.25) is 17.7 Å².